The Labute approximate surface area is 70.5 Å². The van der Waals surface area contributed by atoms with Gasteiger partial charge in [0.25, 0.3) is 0 Å². The van der Waals surface area contributed by atoms with Gasteiger partial charge in [0.1, 0.15) is 5.82 Å². The van der Waals surface area contributed by atoms with Gasteiger partial charge in [0.2, 0.25) is 0 Å². The SMILES string of the molecule is CCNC(=O)Nc1[nH]ncc1C. The molecule has 0 radical (unpaired) electrons. The third-order valence-corrected chi connectivity index (χ3v) is 1.40. The summed E-state index contributed by atoms with van der Waals surface area (Å²) in [7, 11) is 0. The highest BCUT2D eigenvalue weighted by atomic mass is 16.2. The molecule has 5 heteroatoms. The Bertz CT molecular complexity index is 268. The van der Waals surface area contributed by atoms with Gasteiger partial charge in [-0.25, -0.2) is 4.79 Å². The van der Waals surface area contributed by atoms with Crippen molar-refractivity contribution < 1.29 is 4.79 Å². The second kappa shape index (κ2) is 3.75. The van der Waals surface area contributed by atoms with E-state index in [1.165, 1.54) is 0 Å². The number of anilines is 1. The van der Waals surface area contributed by atoms with Gasteiger partial charge in [0.15, 0.2) is 0 Å². The maximum Gasteiger partial charge on any atom is 0.320 e. The quantitative estimate of drug-likeness (QED) is 0.613. The fourth-order valence-corrected chi connectivity index (χ4v) is 0.791. The summed E-state index contributed by atoms with van der Waals surface area (Å²) in [5.41, 5.74) is 0.918. The molecule has 1 aromatic rings. The summed E-state index contributed by atoms with van der Waals surface area (Å²) >= 11 is 0. The van der Waals surface area contributed by atoms with Crippen LogP contribution in [0.15, 0.2) is 6.20 Å². The molecular weight excluding hydrogens is 156 g/mol. The van der Waals surface area contributed by atoms with Crippen molar-refractivity contribution >= 4 is 11.8 Å². The van der Waals surface area contributed by atoms with E-state index in [9.17, 15) is 4.79 Å². The predicted octanol–water partition coefficient (Wildman–Crippen LogP) is 0.860. The number of aromatic amines is 1. The minimum absolute atomic E-state index is 0.218. The van der Waals surface area contributed by atoms with E-state index in [0.29, 0.717) is 12.4 Å². The Morgan fingerprint density at radius 1 is 1.75 bits per heavy atom. The van der Waals surface area contributed by atoms with Crippen LogP contribution in [-0.2, 0) is 0 Å². The van der Waals surface area contributed by atoms with Crippen molar-refractivity contribution in [3.63, 3.8) is 0 Å². The second-order valence-corrected chi connectivity index (χ2v) is 2.41. The van der Waals surface area contributed by atoms with Gasteiger partial charge in [-0.05, 0) is 13.8 Å². The van der Waals surface area contributed by atoms with Crippen LogP contribution in [0.2, 0.25) is 0 Å². The number of aromatic nitrogens is 2. The molecule has 0 atom stereocenters. The fraction of sp³-hybridized carbons (Fsp3) is 0.429. The highest BCUT2D eigenvalue weighted by Gasteiger charge is 2.03. The third-order valence-electron chi connectivity index (χ3n) is 1.40. The summed E-state index contributed by atoms with van der Waals surface area (Å²) in [6.45, 7) is 4.34. The predicted molar refractivity (Wildman–Crippen MR) is 46.0 cm³/mol. The van der Waals surface area contributed by atoms with E-state index in [4.69, 9.17) is 0 Å². The van der Waals surface area contributed by atoms with Crippen LogP contribution < -0.4 is 10.6 Å². The van der Waals surface area contributed by atoms with E-state index in [1.54, 1.807) is 6.20 Å². The van der Waals surface area contributed by atoms with E-state index in [0.717, 1.165) is 5.56 Å². The molecule has 3 N–H and O–H groups in total. The van der Waals surface area contributed by atoms with Crippen molar-refractivity contribution in [1.29, 1.82) is 0 Å². The van der Waals surface area contributed by atoms with Crippen molar-refractivity contribution in [2.45, 2.75) is 13.8 Å². The average Bonchev–Trinajstić information content (AvgIpc) is 2.37. The molecule has 0 saturated carbocycles. The van der Waals surface area contributed by atoms with Gasteiger partial charge in [-0.15, -0.1) is 0 Å². The van der Waals surface area contributed by atoms with E-state index in [2.05, 4.69) is 20.8 Å². The number of nitrogens with zero attached hydrogens (tertiary/aromatic N) is 1. The summed E-state index contributed by atoms with van der Waals surface area (Å²) < 4.78 is 0. The number of nitrogens with one attached hydrogen (secondary N) is 3. The minimum atomic E-state index is -0.218. The van der Waals surface area contributed by atoms with Crippen LogP contribution in [0.5, 0.6) is 0 Å². The van der Waals surface area contributed by atoms with Gasteiger partial charge in [0, 0.05) is 12.1 Å². The van der Waals surface area contributed by atoms with Crippen LogP contribution in [0.1, 0.15) is 12.5 Å². The third kappa shape index (κ3) is 1.98. The maximum absolute atomic E-state index is 11.0. The number of rotatable bonds is 2. The zero-order valence-corrected chi connectivity index (χ0v) is 7.14. The number of hydrogen-bond donors (Lipinski definition) is 3. The molecule has 0 saturated heterocycles. The van der Waals surface area contributed by atoms with Crippen molar-refractivity contribution in [2.75, 3.05) is 11.9 Å². The topological polar surface area (TPSA) is 69.8 Å². The van der Waals surface area contributed by atoms with Crippen molar-refractivity contribution in [2.24, 2.45) is 0 Å². The molecule has 0 unspecified atom stereocenters. The number of carbonyl (C=O) groups excluding carboxylic acids is 1. The van der Waals surface area contributed by atoms with Gasteiger partial charge in [-0.1, -0.05) is 0 Å². The molecule has 0 aromatic carbocycles. The molecule has 2 amide bonds. The van der Waals surface area contributed by atoms with Crippen molar-refractivity contribution in [3.05, 3.63) is 11.8 Å². The van der Waals surface area contributed by atoms with E-state index in [1.807, 2.05) is 13.8 Å². The van der Waals surface area contributed by atoms with Crippen LogP contribution in [0.4, 0.5) is 10.6 Å². The zero-order valence-electron chi connectivity index (χ0n) is 7.14. The number of H-pyrrole nitrogens is 1. The Morgan fingerprint density at radius 3 is 3.00 bits per heavy atom. The Kier molecular flexibility index (Phi) is 2.68. The smallest absolute Gasteiger partial charge is 0.320 e. The van der Waals surface area contributed by atoms with Gasteiger partial charge < -0.3 is 5.32 Å². The Balaban J connectivity index is 2.52. The number of aryl methyl sites for hydroxylation is 1. The molecule has 5 nitrogen and oxygen atoms in total. The maximum atomic E-state index is 11.0. The standard InChI is InChI=1S/C7H12N4O/c1-3-8-7(12)10-6-5(2)4-9-11-6/h4H,3H2,1-2H3,(H3,8,9,10,11,12). The molecule has 0 spiro atoms. The van der Waals surface area contributed by atoms with Crippen LogP contribution in [-0.4, -0.2) is 22.8 Å². The van der Waals surface area contributed by atoms with Crippen molar-refractivity contribution in [1.82, 2.24) is 15.5 Å². The molecule has 66 valence electrons. The van der Waals surface area contributed by atoms with E-state index >= 15 is 0 Å². The summed E-state index contributed by atoms with van der Waals surface area (Å²) in [5.74, 6) is 0.640. The minimum Gasteiger partial charge on any atom is -0.338 e. The molecule has 0 aliphatic rings. The lowest BCUT2D eigenvalue weighted by Crippen LogP contribution is -2.28. The number of hydrogen-bond acceptors (Lipinski definition) is 2. The fourth-order valence-electron chi connectivity index (χ4n) is 0.791. The van der Waals surface area contributed by atoms with Gasteiger partial charge in [-0.2, -0.15) is 5.10 Å². The van der Waals surface area contributed by atoms with E-state index < -0.39 is 0 Å². The summed E-state index contributed by atoms with van der Waals surface area (Å²) in [5, 5.41) is 11.7. The van der Waals surface area contributed by atoms with Crippen LogP contribution in [0.3, 0.4) is 0 Å². The molecule has 12 heavy (non-hydrogen) atoms. The Morgan fingerprint density at radius 2 is 2.50 bits per heavy atom. The monoisotopic (exact) mass is 168 g/mol. The molecule has 1 heterocycles. The highest BCUT2D eigenvalue weighted by molar-refractivity contribution is 5.88. The molecule has 0 aliphatic carbocycles. The van der Waals surface area contributed by atoms with Crippen LogP contribution >= 0.6 is 0 Å². The molecule has 1 aromatic heterocycles. The molecule has 0 aliphatic heterocycles. The van der Waals surface area contributed by atoms with Crippen LogP contribution in [0.25, 0.3) is 0 Å². The lowest BCUT2D eigenvalue weighted by atomic mass is 10.4. The highest BCUT2D eigenvalue weighted by Crippen LogP contribution is 2.07. The van der Waals surface area contributed by atoms with Crippen LogP contribution in [0, 0.1) is 6.92 Å². The summed E-state index contributed by atoms with van der Waals surface area (Å²) in [4.78, 5) is 11.0. The van der Waals surface area contributed by atoms with Gasteiger partial charge >= 0.3 is 6.03 Å². The lowest BCUT2D eigenvalue weighted by molar-refractivity contribution is 0.252. The zero-order chi connectivity index (χ0) is 8.97. The van der Waals surface area contributed by atoms with E-state index in [-0.39, 0.29) is 6.03 Å². The summed E-state index contributed by atoms with van der Waals surface area (Å²) in [6.07, 6.45) is 1.65. The normalized spacial score (nSPS) is 9.50. The summed E-state index contributed by atoms with van der Waals surface area (Å²) in [6, 6.07) is -0.218. The Hall–Kier alpha value is -1.52. The van der Waals surface area contributed by atoms with Crippen molar-refractivity contribution in [3.8, 4) is 0 Å². The first-order valence-corrected chi connectivity index (χ1v) is 3.79. The second-order valence-electron chi connectivity index (χ2n) is 2.41. The lowest BCUT2D eigenvalue weighted by Gasteiger charge is -2.03. The molecule has 0 bridgehead atoms. The number of urea groups is 1. The average molecular weight is 168 g/mol. The number of carbonyl (C=O) groups is 1. The molecular formula is C7H12N4O. The molecule has 0 fully saturated rings. The number of amides is 2. The first-order chi connectivity index (χ1) is 5.74. The van der Waals surface area contributed by atoms with Gasteiger partial charge in [-0.3, -0.25) is 10.4 Å². The first kappa shape index (κ1) is 8.58. The van der Waals surface area contributed by atoms with Gasteiger partial charge in [0.05, 0.1) is 6.20 Å². The molecule has 1 rings (SSSR count). The first-order valence-electron chi connectivity index (χ1n) is 3.79. The largest absolute Gasteiger partial charge is 0.338 e.